The topological polar surface area (TPSA) is 73.5 Å². The van der Waals surface area contributed by atoms with E-state index in [1.807, 2.05) is 4.90 Å². The number of piperazine rings is 1. The summed E-state index contributed by atoms with van der Waals surface area (Å²) in [6.07, 6.45) is 1.56. The first-order valence-electron chi connectivity index (χ1n) is 5.77. The lowest BCUT2D eigenvalue weighted by atomic mass is 10.2. The van der Waals surface area contributed by atoms with Gasteiger partial charge in [-0.1, -0.05) is 6.08 Å². The maximum atomic E-state index is 11.6. The van der Waals surface area contributed by atoms with E-state index in [2.05, 4.69) is 29.5 Å². The highest BCUT2D eigenvalue weighted by molar-refractivity contribution is 5.95. The highest BCUT2D eigenvalue weighted by Gasteiger charge is 2.20. The third-order valence-corrected chi connectivity index (χ3v) is 2.65. The zero-order valence-electron chi connectivity index (χ0n) is 10.6. The van der Waals surface area contributed by atoms with E-state index in [0.717, 1.165) is 19.6 Å². The molecule has 0 aromatic carbocycles. The summed E-state index contributed by atoms with van der Waals surface area (Å²) in [5.74, 6) is -0.277. The number of carbonyl (C=O) groups is 2. The number of nitrogens with one attached hydrogen (secondary N) is 3. The van der Waals surface area contributed by atoms with Gasteiger partial charge in [0.15, 0.2) is 0 Å². The van der Waals surface area contributed by atoms with Gasteiger partial charge in [-0.05, 0) is 6.92 Å². The zero-order valence-corrected chi connectivity index (χ0v) is 11.4. The molecule has 0 aromatic rings. The van der Waals surface area contributed by atoms with Crippen LogP contribution in [0.2, 0.25) is 0 Å². The fourth-order valence-corrected chi connectivity index (χ4v) is 1.68. The summed E-state index contributed by atoms with van der Waals surface area (Å²) >= 11 is 0. The van der Waals surface area contributed by atoms with E-state index in [4.69, 9.17) is 0 Å². The highest BCUT2D eigenvalue weighted by atomic mass is 35.5. The van der Waals surface area contributed by atoms with Gasteiger partial charge < -0.3 is 10.6 Å². The van der Waals surface area contributed by atoms with E-state index < -0.39 is 6.03 Å². The number of nitrogens with zero attached hydrogens (tertiary/aromatic N) is 1. The van der Waals surface area contributed by atoms with Gasteiger partial charge >= 0.3 is 6.03 Å². The number of carbonyl (C=O) groups excluding carboxylic acids is 2. The molecule has 1 unspecified atom stereocenters. The lowest BCUT2D eigenvalue weighted by Gasteiger charge is -2.33. The van der Waals surface area contributed by atoms with Crippen LogP contribution in [0.3, 0.4) is 0 Å². The molecule has 0 saturated carbocycles. The first-order chi connectivity index (χ1) is 8.13. The van der Waals surface area contributed by atoms with Crippen LogP contribution in [-0.4, -0.2) is 55.6 Å². The number of amides is 3. The van der Waals surface area contributed by atoms with Gasteiger partial charge in [-0.3, -0.25) is 15.0 Å². The Bertz CT molecular complexity index is 299. The van der Waals surface area contributed by atoms with Gasteiger partial charge in [0, 0.05) is 32.2 Å². The van der Waals surface area contributed by atoms with Crippen LogP contribution < -0.4 is 16.0 Å². The summed E-state index contributed by atoms with van der Waals surface area (Å²) in [6.45, 7) is 8.70. The van der Waals surface area contributed by atoms with Crippen molar-refractivity contribution >= 4 is 24.3 Å². The number of hydrogen-bond acceptors (Lipinski definition) is 4. The van der Waals surface area contributed by atoms with Crippen molar-refractivity contribution in [2.24, 2.45) is 0 Å². The summed E-state index contributed by atoms with van der Waals surface area (Å²) in [4.78, 5) is 24.8. The Hall–Kier alpha value is -1.11. The molecule has 7 heteroatoms. The van der Waals surface area contributed by atoms with Crippen LogP contribution in [-0.2, 0) is 4.79 Å². The minimum Gasteiger partial charge on any atom is -0.334 e. The normalized spacial score (nSPS) is 19.5. The Morgan fingerprint density at radius 1 is 1.56 bits per heavy atom. The summed E-state index contributed by atoms with van der Waals surface area (Å²) in [6, 6.07) is -0.163. The van der Waals surface area contributed by atoms with E-state index >= 15 is 0 Å². The van der Waals surface area contributed by atoms with Crippen molar-refractivity contribution in [2.75, 3.05) is 32.7 Å². The van der Waals surface area contributed by atoms with Crippen LogP contribution in [0.5, 0.6) is 0 Å². The predicted octanol–water partition coefficient (Wildman–Crippen LogP) is -0.286. The Morgan fingerprint density at radius 3 is 2.89 bits per heavy atom. The van der Waals surface area contributed by atoms with Gasteiger partial charge in [-0.25, -0.2) is 4.79 Å². The maximum absolute atomic E-state index is 11.6. The molecule has 1 heterocycles. The number of rotatable bonds is 4. The molecule has 18 heavy (non-hydrogen) atoms. The van der Waals surface area contributed by atoms with E-state index in [1.54, 1.807) is 6.08 Å². The second-order valence-corrected chi connectivity index (χ2v) is 4.07. The molecule has 0 bridgehead atoms. The summed E-state index contributed by atoms with van der Waals surface area (Å²) in [5.41, 5.74) is 0. The monoisotopic (exact) mass is 276 g/mol. The third kappa shape index (κ3) is 6.00. The standard InChI is InChI=1S/C11H20N4O2.ClH/c1-3-4-13-11(17)14-10(16)8-15-6-5-12-7-9(15)2;/h3,9,12H,1,4-8H2,2H3,(H2,13,14,16,17);1H. The lowest BCUT2D eigenvalue weighted by Crippen LogP contribution is -2.53. The largest absolute Gasteiger partial charge is 0.334 e. The molecule has 3 amide bonds. The average molecular weight is 277 g/mol. The molecule has 0 aromatic heterocycles. The molecule has 1 atom stereocenters. The fraction of sp³-hybridized carbons (Fsp3) is 0.636. The van der Waals surface area contributed by atoms with Crippen molar-refractivity contribution in [3.05, 3.63) is 12.7 Å². The Balaban J connectivity index is 0.00000289. The minimum absolute atomic E-state index is 0. The van der Waals surface area contributed by atoms with Gasteiger partial charge in [-0.2, -0.15) is 0 Å². The van der Waals surface area contributed by atoms with E-state index in [-0.39, 0.29) is 24.9 Å². The molecule has 1 aliphatic heterocycles. The number of imide groups is 1. The summed E-state index contributed by atoms with van der Waals surface area (Å²) in [7, 11) is 0. The van der Waals surface area contributed by atoms with Gasteiger partial charge in [0.05, 0.1) is 6.54 Å². The zero-order chi connectivity index (χ0) is 12.7. The van der Waals surface area contributed by atoms with Gasteiger partial charge in [0.1, 0.15) is 0 Å². The second-order valence-electron chi connectivity index (χ2n) is 4.07. The predicted molar refractivity (Wildman–Crippen MR) is 72.9 cm³/mol. The lowest BCUT2D eigenvalue weighted by molar-refractivity contribution is -0.121. The smallest absolute Gasteiger partial charge is 0.321 e. The first-order valence-corrected chi connectivity index (χ1v) is 5.77. The quantitative estimate of drug-likeness (QED) is 0.617. The van der Waals surface area contributed by atoms with Crippen LogP contribution in [0.25, 0.3) is 0 Å². The first kappa shape index (κ1) is 16.9. The van der Waals surface area contributed by atoms with Crippen molar-refractivity contribution < 1.29 is 9.59 Å². The molecular weight excluding hydrogens is 256 g/mol. The molecule has 3 N–H and O–H groups in total. The van der Waals surface area contributed by atoms with E-state index in [9.17, 15) is 9.59 Å². The summed E-state index contributed by atoms with van der Waals surface area (Å²) in [5, 5.41) is 8.02. The Kier molecular flexibility index (Phi) is 8.36. The molecule has 0 radical (unpaired) electrons. The third-order valence-electron chi connectivity index (χ3n) is 2.65. The average Bonchev–Trinajstić information content (AvgIpc) is 2.29. The van der Waals surface area contributed by atoms with Crippen LogP contribution in [0, 0.1) is 0 Å². The van der Waals surface area contributed by atoms with Crippen molar-refractivity contribution in [3.63, 3.8) is 0 Å². The van der Waals surface area contributed by atoms with E-state index in [0.29, 0.717) is 12.6 Å². The maximum Gasteiger partial charge on any atom is 0.321 e. The van der Waals surface area contributed by atoms with E-state index in [1.165, 1.54) is 0 Å². The van der Waals surface area contributed by atoms with Crippen LogP contribution in [0.15, 0.2) is 12.7 Å². The van der Waals surface area contributed by atoms with Crippen LogP contribution in [0.4, 0.5) is 4.79 Å². The minimum atomic E-state index is -0.474. The summed E-state index contributed by atoms with van der Waals surface area (Å²) < 4.78 is 0. The number of halogens is 1. The van der Waals surface area contributed by atoms with Crippen molar-refractivity contribution in [2.45, 2.75) is 13.0 Å². The van der Waals surface area contributed by atoms with Gasteiger partial charge in [0.25, 0.3) is 0 Å². The number of hydrogen-bond donors (Lipinski definition) is 3. The number of urea groups is 1. The molecule has 1 rings (SSSR count). The molecule has 1 aliphatic rings. The second kappa shape index (κ2) is 8.91. The SMILES string of the molecule is C=CCNC(=O)NC(=O)CN1CCNCC1C.Cl. The highest BCUT2D eigenvalue weighted by Crippen LogP contribution is 2.00. The van der Waals surface area contributed by atoms with Crippen LogP contribution in [0.1, 0.15) is 6.92 Å². The Labute approximate surface area is 114 Å². The fourth-order valence-electron chi connectivity index (χ4n) is 1.68. The molecule has 1 saturated heterocycles. The Morgan fingerprint density at radius 2 is 2.28 bits per heavy atom. The molecular formula is C11H21ClN4O2. The molecule has 0 aliphatic carbocycles. The molecule has 1 fully saturated rings. The van der Waals surface area contributed by atoms with Crippen LogP contribution >= 0.6 is 12.4 Å². The molecule has 0 spiro atoms. The van der Waals surface area contributed by atoms with Crippen molar-refractivity contribution in [1.29, 1.82) is 0 Å². The van der Waals surface area contributed by atoms with Gasteiger partial charge in [0.2, 0.25) is 5.91 Å². The van der Waals surface area contributed by atoms with Gasteiger partial charge in [-0.15, -0.1) is 19.0 Å². The molecule has 6 nitrogen and oxygen atoms in total. The van der Waals surface area contributed by atoms with Crippen molar-refractivity contribution in [3.8, 4) is 0 Å². The molecule has 104 valence electrons. The van der Waals surface area contributed by atoms with Crippen molar-refractivity contribution in [1.82, 2.24) is 20.9 Å².